The first-order valence-electron chi connectivity index (χ1n) is 8.51. The molecule has 0 fully saturated rings. The van der Waals surface area contributed by atoms with Crippen LogP contribution in [0.3, 0.4) is 0 Å². The molecule has 0 aromatic carbocycles. The molecular formula is C17H18ClF5N4O2. The SMILES string of the molecule is CCOC(=O)c1nn(CC)c(-c2cnc(NCC(F)(F)C(F)(F)F)cc2C)c1Cl. The van der Waals surface area contributed by atoms with Crippen LogP contribution in [0, 0.1) is 6.92 Å². The number of alkyl halides is 5. The lowest BCUT2D eigenvalue weighted by molar-refractivity contribution is -0.275. The molecule has 2 rings (SSSR count). The summed E-state index contributed by atoms with van der Waals surface area (Å²) in [5, 5.41) is 6.14. The molecule has 160 valence electrons. The zero-order valence-corrected chi connectivity index (χ0v) is 16.5. The molecule has 12 heteroatoms. The summed E-state index contributed by atoms with van der Waals surface area (Å²) < 4.78 is 69.3. The highest BCUT2D eigenvalue weighted by molar-refractivity contribution is 6.35. The lowest BCUT2D eigenvalue weighted by Crippen LogP contribution is -2.42. The van der Waals surface area contributed by atoms with Crippen LogP contribution in [0.5, 0.6) is 0 Å². The van der Waals surface area contributed by atoms with Crippen molar-refractivity contribution in [2.75, 3.05) is 18.5 Å². The van der Waals surface area contributed by atoms with Crippen LogP contribution < -0.4 is 5.32 Å². The van der Waals surface area contributed by atoms with E-state index in [-0.39, 0.29) is 23.1 Å². The van der Waals surface area contributed by atoms with Crippen LogP contribution >= 0.6 is 11.6 Å². The summed E-state index contributed by atoms with van der Waals surface area (Å²) in [4.78, 5) is 15.9. The highest BCUT2D eigenvalue weighted by Crippen LogP contribution is 2.36. The van der Waals surface area contributed by atoms with Crippen LogP contribution in [0.2, 0.25) is 5.02 Å². The van der Waals surface area contributed by atoms with E-state index in [1.165, 1.54) is 16.9 Å². The molecule has 0 atom stereocenters. The zero-order chi connectivity index (χ0) is 22.0. The number of hydrogen-bond donors (Lipinski definition) is 1. The van der Waals surface area contributed by atoms with Gasteiger partial charge in [0.15, 0.2) is 5.69 Å². The Hall–Kier alpha value is -2.43. The van der Waals surface area contributed by atoms with Crippen molar-refractivity contribution < 1.29 is 31.5 Å². The number of nitrogens with zero attached hydrogens (tertiary/aromatic N) is 3. The first-order chi connectivity index (χ1) is 13.4. The van der Waals surface area contributed by atoms with Crippen LogP contribution in [0.25, 0.3) is 11.3 Å². The van der Waals surface area contributed by atoms with E-state index in [0.29, 0.717) is 23.4 Å². The highest BCUT2D eigenvalue weighted by atomic mass is 35.5. The minimum absolute atomic E-state index is 0.0273. The van der Waals surface area contributed by atoms with Crippen LogP contribution in [-0.4, -0.2) is 46.0 Å². The average Bonchev–Trinajstić information content (AvgIpc) is 2.96. The number of hydrogen-bond acceptors (Lipinski definition) is 5. The Labute approximate surface area is 168 Å². The lowest BCUT2D eigenvalue weighted by Gasteiger charge is -2.20. The van der Waals surface area contributed by atoms with Gasteiger partial charge in [0, 0.05) is 18.3 Å². The van der Waals surface area contributed by atoms with Gasteiger partial charge in [-0.25, -0.2) is 9.78 Å². The predicted molar refractivity (Wildman–Crippen MR) is 96.3 cm³/mol. The van der Waals surface area contributed by atoms with E-state index in [1.54, 1.807) is 20.8 Å². The molecule has 2 aromatic heterocycles. The summed E-state index contributed by atoms with van der Waals surface area (Å²) in [7, 11) is 0. The number of esters is 1. The maximum atomic E-state index is 13.1. The predicted octanol–water partition coefficient (Wildman–Crippen LogP) is 4.71. The number of halogens is 6. The Kier molecular flexibility index (Phi) is 6.71. The number of ether oxygens (including phenoxy) is 1. The summed E-state index contributed by atoms with van der Waals surface area (Å²) >= 11 is 6.30. The van der Waals surface area contributed by atoms with E-state index < -0.39 is 24.6 Å². The van der Waals surface area contributed by atoms with E-state index in [0.717, 1.165) is 0 Å². The Morgan fingerprint density at radius 2 is 1.93 bits per heavy atom. The van der Waals surface area contributed by atoms with Crippen LogP contribution in [-0.2, 0) is 11.3 Å². The summed E-state index contributed by atoms with van der Waals surface area (Å²) in [6.45, 7) is 3.82. The number of anilines is 1. The lowest BCUT2D eigenvalue weighted by atomic mass is 10.1. The number of carbonyl (C=O) groups excluding carboxylic acids is 1. The summed E-state index contributed by atoms with van der Waals surface area (Å²) in [6, 6.07) is 1.30. The van der Waals surface area contributed by atoms with Crippen LogP contribution in [0.4, 0.5) is 27.8 Å². The molecule has 0 aliphatic carbocycles. The van der Waals surface area contributed by atoms with Gasteiger partial charge in [-0.1, -0.05) is 11.6 Å². The minimum Gasteiger partial charge on any atom is -0.461 e. The third kappa shape index (κ3) is 4.77. The fourth-order valence-corrected chi connectivity index (χ4v) is 2.77. The largest absolute Gasteiger partial charge is 0.461 e. The Morgan fingerprint density at radius 3 is 2.45 bits per heavy atom. The van der Waals surface area contributed by atoms with Crippen molar-refractivity contribution in [2.45, 2.75) is 39.4 Å². The molecule has 0 aliphatic heterocycles. The Balaban J connectivity index is 2.35. The molecule has 0 saturated carbocycles. The molecule has 2 heterocycles. The van der Waals surface area contributed by atoms with Gasteiger partial charge in [-0.3, -0.25) is 4.68 Å². The van der Waals surface area contributed by atoms with Crippen molar-refractivity contribution >= 4 is 23.4 Å². The quantitative estimate of drug-likeness (QED) is 0.498. The van der Waals surface area contributed by atoms with E-state index in [9.17, 15) is 26.7 Å². The second-order valence-corrected chi connectivity index (χ2v) is 6.37. The molecule has 1 N–H and O–H groups in total. The van der Waals surface area contributed by atoms with E-state index in [1.807, 2.05) is 5.32 Å². The van der Waals surface area contributed by atoms with Crippen LogP contribution in [0.15, 0.2) is 12.3 Å². The topological polar surface area (TPSA) is 69.0 Å². The highest BCUT2D eigenvalue weighted by Gasteiger charge is 2.57. The van der Waals surface area contributed by atoms with Crippen molar-refractivity contribution in [3.05, 3.63) is 28.5 Å². The maximum absolute atomic E-state index is 13.1. The summed E-state index contributed by atoms with van der Waals surface area (Å²) in [6.07, 6.45) is -4.41. The molecule has 0 saturated heterocycles. The molecule has 2 aromatic rings. The molecule has 0 radical (unpaired) electrons. The second kappa shape index (κ2) is 8.52. The van der Waals surface area contributed by atoms with Gasteiger partial charge in [0.05, 0.1) is 18.8 Å². The van der Waals surface area contributed by atoms with Crippen molar-refractivity contribution in [1.29, 1.82) is 0 Å². The molecule has 6 nitrogen and oxygen atoms in total. The third-order valence-electron chi connectivity index (χ3n) is 3.94. The van der Waals surface area contributed by atoms with Crippen molar-refractivity contribution in [2.24, 2.45) is 0 Å². The molecular weight excluding hydrogens is 423 g/mol. The standard InChI is InChI=1S/C17H18ClF5N4O2/c1-4-27-14(12(18)13(26-27)15(28)29-5-2)10-7-24-11(6-9(10)3)25-8-16(19,20)17(21,22)23/h6-7H,4-5,8H2,1-3H3,(H,24,25). The summed E-state index contributed by atoms with van der Waals surface area (Å²) in [5.74, 6) is -5.77. The van der Waals surface area contributed by atoms with Gasteiger partial charge >= 0.3 is 18.1 Å². The fraction of sp³-hybridized carbons (Fsp3) is 0.471. The van der Waals surface area contributed by atoms with E-state index >= 15 is 0 Å². The number of rotatable bonds is 7. The molecule has 0 spiro atoms. The molecule has 29 heavy (non-hydrogen) atoms. The second-order valence-electron chi connectivity index (χ2n) is 5.99. The first kappa shape index (κ1) is 22.9. The smallest absolute Gasteiger partial charge is 0.455 e. The van der Waals surface area contributed by atoms with Crippen LogP contribution in [0.1, 0.15) is 29.9 Å². The normalized spacial score (nSPS) is 12.2. The number of aromatic nitrogens is 3. The van der Waals surface area contributed by atoms with Crippen molar-refractivity contribution in [3.8, 4) is 11.3 Å². The molecule has 0 aliphatic rings. The van der Waals surface area contributed by atoms with Gasteiger partial charge in [0.2, 0.25) is 0 Å². The van der Waals surface area contributed by atoms with Crippen molar-refractivity contribution in [1.82, 2.24) is 14.8 Å². The number of aryl methyl sites for hydroxylation is 2. The van der Waals surface area contributed by atoms with E-state index in [2.05, 4.69) is 10.1 Å². The Morgan fingerprint density at radius 1 is 1.28 bits per heavy atom. The van der Waals surface area contributed by atoms with Gasteiger partial charge in [0.1, 0.15) is 10.8 Å². The monoisotopic (exact) mass is 440 g/mol. The first-order valence-corrected chi connectivity index (χ1v) is 8.89. The van der Waals surface area contributed by atoms with Gasteiger partial charge in [0.25, 0.3) is 0 Å². The van der Waals surface area contributed by atoms with Gasteiger partial charge in [-0.05, 0) is 32.4 Å². The number of nitrogens with one attached hydrogen (secondary N) is 1. The minimum atomic E-state index is -5.67. The fourth-order valence-electron chi connectivity index (χ4n) is 2.46. The van der Waals surface area contributed by atoms with Gasteiger partial charge in [-0.15, -0.1) is 0 Å². The van der Waals surface area contributed by atoms with Gasteiger partial charge < -0.3 is 10.1 Å². The molecule has 0 amide bonds. The Bertz CT molecular complexity index is 899. The van der Waals surface area contributed by atoms with E-state index in [4.69, 9.17) is 16.3 Å². The molecule has 0 bridgehead atoms. The third-order valence-corrected chi connectivity index (χ3v) is 4.29. The number of carbonyl (C=O) groups is 1. The summed E-state index contributed by atoms with van der Waals surface area (Å²) in [5.41, 5.74) is 1.18. The molecule has 0 unspecified atom stereocenters. The average molecular weight is 441 g/mol. The zero-order valence-electron chi connectivity index (χ0n) is 15.7. The number of pyridine rings is 1. The van der Waals surface area contributed by atoms with Gasteiger partial charge in [-0.2, -0.15) is 27.1 Å². The van der Waals surface area contributed by atoms with Crippen molar-refractivity contribution in [3.63, 3.8) is 0 Å². The maximum Gasteiger partial charge on any atom is 0.455 e.